The van der Waals surface area contributed by atoms with E-state index in [1.807, 2.05) is 31.2 Å². The summed E-state index contributed by atoms with van der Waals surface area (Å²) < 4.78 is 10.4. The van der Waals surface area contributed by atoms with E-state index in [0.717, 1.165) is 5.56 Å². The first-order valence-electron chi connectivity index (χ1n) is 7.49. The van der Waals surface area contributed by atoms with E-state index >= 15 is 0 Å². The zero-order valence-corrected chi connectivity index (χ0v) is 14.8. The van der Waals surface area contributed by atoms with Gasteiger partial charge in [-0.15, -0.1) is 12.4 Å². The standard InChI is InChI=1S/C16H22N4O3.ClH/c1-10(17)8-9-14(21)19-15(16-18-11(2)23-20-16)12-6-4-5-7-13(12)22-3;/h4-7,10,15H,8-9,17H2,1-3H3,(H,19,21);1H. The number of benzene rings is 1. The number of halogens is 1. The van der Waals surface area contributed by atoms with E-state index in [0.29, 0.717) is 30.3 Å². The Labute approximate surface area is 147 Å². The summed E-state index contributed by atoms with van der Waals surface area (Å²) in [5, 5.41) is 6.87. The molecule has 1 amide bonds. The number of methoxy groups -OCH3 is 1. The molecule has 0 aliphatic heterocycles. The molecule has 7 nitrogen and oxygen atoms in total. The highest BCUT2D eigenvalue weighted by Crippen LogP contribution is 2.28. The van der Waals surface area contributed by atoms with Crippen molar-refractivity contribution >= 4 is 18.3 Å². The number of nitrogens with two attached hydrogens (primary N) is 1. The SMILES string of the molecule is COc1ccccc1C(NC(=O)CCC(C)N)c1noc(C)n1.Cl. The fourth-order valence-electron chi connectivity index (χ4n) is 2.21. The molecule has 2 atom stereocenters. The molecule has 0 saturated heterocycles. The number of ether oxygens (including phenoxy) is 1. The van der Waals surface area contributed by atoms with Crippen molar-refractivity contribution in [2.24, 2.45) is 5.73 Å². The van der Waals surface area contributed by atoms with Crippen molar-refractivity contribution in [1.29, 1.82) is 0 Å². The minimum absolute atomic E-state index is 0. The Morgan fingerprint density at radius 3 is 2.71 bits per heavy atom. The summed E-state index contributed by atoms with van der Waals surface area (Å²) in [4.78, 5) is 16.5. The first-order valence-corrected chi connectivity index (χ1v) is 7.49. The number of aromatic nitrogens is 2. The monoisotopic (exact) mass is 354 g/mol. The lowest BCUT2D eigenvalue weighted by atomic mass is 10.0. The van der Waals surface area contributed by atoms with Crippen molar-refractivity contribution in [3.8, 4) is 5.75 Å². The van der Waals surface area contributed by atoms with Crippen LogP contribution in [0.4, 0.5) is 0 Å². The van der Waals surface area contributed by atoms with Gasteiger partial charge >= 0.3 is 0 Å². The molecule has 8 heteroatoms. The largest absolute Gasteiger partial charge is 0.496 e. The Balaban J connectivity index is 0.00000288. The molecule has 24 heavy (non-hydrogen) atoms. The fourth-order valence-corrected chi connectivity index (χ4v) is 2.21. The van der Waals surface area contributed by atoms with Crippen LogP contribution in [0.25, 0.3) is 0 Å². The molecule has 3 N–H and O–H groups in total. The van der Waals surface area contributed by atoms with Gasteiger partial charge in [-0.2, -0.15) is 4.98 Å². The number of nitrogens with one attached hydrogen (secondary N) is 1. The smallest absolute Gasteiger partial charge is 0.223 e. The zero-order chi connectivity index (χ0) is 16.8. The van der Waals surface area contributed by atoms with Crippen LogP contribution in [0.1, 0.15) is 43.1 Å². The van der Waals surface area contributed by atoms with Gasteiger partial charge < -0.3 is 20.3 Å². The van der Waals surface area contributed by atoms with Crippen molar-refractivity contribution in [1.82, 2.24) is 15.5 Å². The maximum atomic E-state index is 12.2. The summed E-state index contributed by atoms with van der Waals surface area (Å²) in [6.07, 6.45) is 0.940. The van der Waals surface area contributed by atoms with Gasteiger partial charge in [-0.1, -0.05) is 23.4 Å². The molecule has 132 valence electrons. The highest BCUT2D eigenvalue weighted by molar-refractivity contribution is 5.85. The Kier molecular flexibility index (Phi) is 7.67. The van der Waals surface area contributed by atoms with Crippen LogP contribution in [-0.2, 0) is 4.79 Å². The van der Waals surface area contributed by atoms with Crippen molar-refractivity contribution in [2.75, 3.05) is 7.11 Å². The summed E-state index contributed by atoms with van der Waals surface area (Å²) >= 11 is 0. The minimum Gasteiger partial charge on any atom is -0.496 e. The molecule has 0 saturated carbocycles. The second-order valence-corrected chi connectivity index (χ2v) is 5.43. The third-order valence-corrected chi connectivity index (χ3v) is 3.38. The maximum Gasteiger partial charge on any atom is 0.223 e. The first-order chi connectivity index (χ1) is 11.0. The molecule has 0 aliphatic carbocycles. The third kappa shape index (κ3) is 5.21. The number of nitrogens with zero attached hydrogens (tertiary/aromatic N) is 2. The molecule has 2 aromatic rings. The van der Waals surface area contributed by atoms with E-state index in [9.17, 15) is 4.79 Å². The summed E-state index contributed by atoms with van der Waals surface area (Å²) in [6, 6.07) is 6.84. The van der Waals surface area contributed by atoms with Gasteiger partial charge in [0.15, 0.2) is 5.82 Å². The quantitative estimate of drug-likeness (QED) is 0.789. The molecule has 1 aromatic carbocycles. The van der Waals surface area contributed by atoms with Crippen LogP contribution >= 0.6 is 12.4 Å². The summed E-state index contributed by atoms with van der Waals surface area (Å²) in [6.45, 7) is 3.57. The number of carbonyl (C=O) groups excluding carboxylic acids is 1. The first kappa shape index (κ1) is 19.9. The Hall–Kier alpha value is -2.12. The fraction of sp³-hybridized carbons (Fsp3) is 0.438. The van der Waals surface area contributed by atoms with Crippen molar-refractivity contribution in [2.45, 2.75) is 38.8 Å². The molecule has 2 rings (SSSR count). The average molecular weight is 355 g/mol. The summed E-state index contributed by atoms with van der Waals surface area (Å²) in [5.41, 5.74) is 6.47. The highest BCUT2D eigenvalue weighted by Gasteiger charge is 2.24. The molecule has 0 fully saturated rings. The normalized spacial score (nSPS) is 12.8. The number of aryl methyl sites for hydroxylation is 1. The van der Waals surface area contributed by atoms with Crippen LogP contribution in [0.15, 0.2) is 28.8 Å². The van der Waals surface area contributed by atoms with Gasteiger partial charge in [0.25, 0.3) is 0 Å². The average Bonchev–Trinajstić information content (AvgIpc) is 2.97. The number of amides is 1. The number of hydrogen-bond donors (Lipinski definition) is 2. The molecular weight excluding hydrogens is 332 g/mol. The Bertz CT molecular complexity index is 660. The van der Waals surface area contributed by atoms with Gasteiger partial charge in [0.1, 0.15) is 11.8 Å². The number of hydrogen-bond acceptors (Lipinski definition) is 6. The lowest BCUT2D eigenvalue weighted by molar-refractivity contribution is -0.121. The van der Waals surface area contributed by atoms with Crippen molar-refractivity contribution < 1.29 is 14.1 Å². The number of para-hydroxylation sites is 1. The Morgan fingerprint density at radius 2 is 2.12 bits per heavy atom. The van der Waals surface area contributed by atoms with Crippen molar-refractivity contribution in [3.05, 3.63) is 41.5 Å². The second-order valence-electron chi connectivity index (χ2n) is 5.43. The van der Waals surface area contributed by atoms with Gasteiger partial charge in [0.2, 0.25) is 11.8 Å². The minimum atomic E-state index is -0.538. The van der Waals surface area contributed by atoms with E-state index in [4.69, 9.17) is 15.0 Å². The van der Waals surface area contributed by atoms with Crippen LogP contribution in [-0.4, -0.2) is 29.2 Å². The van der Waals surface area contributed by atoms with Gasteiger partial charge in [0.05, 0.1) is 7.11 Å². The summed E-state index contributed by atoms with van der Waals surface area (Å²) in [5.74, 6) is 1.35. The zero-order valence-electron chi connectivity index (χ0n) is 14.0. The predicted octanol–water partition coefficient (Wildman–Crippen LogP) is 2.14. The van der Waals surface area contributed by atoms with Gasteiger partial charge in [-0.25, -0.2) is 0 Å². The molecule has 1 aromatic heterocycles. The molecule has 0 spiro atoms. The number of rotatable bonds is 7. The van der Waals surface area contributed by atoms with Gasteiger partial charge in [0, 0.05) is 24.9 Å². The Morgan fingerprint density at radius 1 is 1.42 bits per heavy atom. The van der Waals surface area contributed by atoms with Crippen LogP contribution < -0.4 is 15.8 Å². The molecule has 2 unspecified atom stereocenters. The van der Waals surface area contributed by atoms with Crippen LogP contribution in [0.2, 0.25) is 0 Å². The van der Waals surface area contributed by atoms with E-state index in [2.05, 4.69) is 15.5 Å². The van der Waals surface area contributed by atoms with Gasteiger partial charge in [-0.05, 0) is 19.4 Å². The van der Waals surface area contributed by atoms with E-state index in [-0.39, 0.29) is 24.4 Å². The van der Waals surface area contributed by atoms with E-state index in [1.54, 1.807) is 14.0 Å². The molecule has 0 radical (unpaired) electrons. The van der Waals surface area contributed by atoms with E-state index in [1.165, 1.54) is 0 Å². The van der Waals surface area contributed by atoms with Gasteiger partial charge in [-0.3, -0.25) is 4.79 Å². The molecule has 0 bridgehead atoms. The maximum absolute atomic E-state index is 12.2. The molecule has 1 heterocycles. The van der Waals surface area contributed by atoms with Crippen molar-refractivity contribution in [3.63, 3.8) is 0 Å². The third-order valence-electron chi connectivity index (χ3n) is 3.38. The lowest BCUT2D eigenvalue weighted by Gasteiger charge is -2.18. The van der Waals surface area contributed by atoms with Crippen LogP contribution in [0.3, 0.4) is 0 Å². The second kappa shape index (κ2) is 9.24. The molecular formula is C16H23ClN4O3. The number of carbonyl (C=O) groups is 1. The van der Waals surface area contributed by atoms with Crippen LogP contribution in [0, 0.1) is 6.92 Å². The molecule has 0 aliphatic rings. The highest BCUT2D eigenvalue weighted by atomic mass is 35.5. The van der Waals surface area contributed by atoms with Crippen LogP contribution in [0.5, 0.6) is 5.75 Å². The van der Waals surface area contributed by atoms with E-state index < -0.39 is 6.04 Å². The topological polar surface area (TPSA) is 103 Å². The predicted molar refractivity (Wildman–Crippen MR) is 92.1 cm³/mol. The lowest BCUT2D eigenvalue weighted by Crippen LogP contribution is -2.31. The summed E-state index contributed by atoms with van der Waals surface area (Å²) in [7, 11) is 1.58.